The highest BCUT2D eigenvalue weighted by Gasteiger charge is 2.67. The van der Waals surface area contributed by atoms with Crippen LogP contribution in [0.25, 0.3) is 0 Å². The van der Waals surface area contributed by atoms with Crippen molar-refractivity contribution in [3.05, 3.63) is 29.8 Å². The molecule has 0 spiro atoms. The van der Waals surface area contributed by atoms with Crippen molar-refractivity contribution in [1.82, 2.24) is 10.2 Å². The first-order chi connectivity index (χ1) is 12.9. The number of methoxy groups -OCH3 is 1. The third-order valence-corrected chi connectivity index (χ3v) is 5.73. The molecule has 1 aromatic carbocycles. The van der Waals surface area contributed by atoms with Crippen LogP contribution in [0.4, 0.5) is 0 Å². The van der Waals surface area contributed by atoms with Crippen molar-refractivity contribution in [3.8, 4) is 5.75 Å². The first-order valence-corrected chi connectivity index (χ1v) is 9.39. The third-order valence-electron chi connectivity index (χ3n) is 5.73. The lowest BCUT2D eigenvalue weighted by atomic mass is 9.78. The van der Waals surface area contributed by atoms with E-state index in [-0.39, 0.29) is 18.4 Å². The largest absolute Gasteiger partial charge is 0.497 e. The highest BCUT2D eigenvalue weighted by atomic mass is 16.5. The molecular weight excluding hydrogens is 348 g/mol. The van der Waals surface area contributed by atoms with Crippen molar-refractivity contribution in [2.45, 2.75) is 38.8 Å². The summed E-state index contributed by atoms with van der Waals surface area (Å²) in [7, 11) is 1.58. The molecule has 7 nitrogen and oxygen atoms in total. The number of benzene rings is 1. The molecule has 1 aromatic rings. The molecule has 2 saturated heterocycles. The standard InChI is InChI=1S/C20H26N2O5/c1-5-20(19(25)27-7-3)15-14(17(23)22(6-2)18(15)24)16(21-20)12-8-10-13(26-4)11-9-12/h8-11,14-16,21H,5-7H2,1-4H3/t14-,15-,16-,20-/m1/s1. The topological polar surface area (TPSA) is 84.9 Å². The number of esters is 1. The quantitative estimate of drug-likeness (QED) is 0.602. The van der Waals surface area contributed by atoms with Gasteiger partial charge in [0.25, 0.3) is 0 Å². The van der Waals surface area contributed by atoms with Crippen LogP contribution < -0.4 is 10.1 Å². The molecule has 2 aliphatic rings. The van der Waals surface area contributed by atoms with Gasteiger partial charge in [-0.2, -0.15) is 0 Å². The molecule has 2 fully saturated rings. The minimum atomic E-state index is -1.21. The van der Waals surface area contributed by atoms with E-state index in [1.54, 1.807) is 33.1 Å². The average Bonchev–Trinajstić information content (AvgIpc) is 3.16. The van der Waals surface area contributed by atoms with Gasteiger partial charge < -0.3 is 9.47 Å². The molecule has 0 bridgehead atoms. The number of carbonyl (C=O) groups excluding carboxylic acids is 3. The smallest absolute Gasteiger partial charge is 0.327 e. The van der Waals surface area contributed by atoms with Crippen molar-refractivity contribution in [2.75, 3.05) is 20.3 Å². The van der Waals surface area contributed by atoms with Gasteiger partial charge in [-0.05, 0) is 38.0 Å². The maximum absolute atomic E-state index is 13.0. The predicted octanol–water partition coefficient (Wildman–Crippen LogP) is 1.67. The summed E-state index contributed by atoms with van der Waals surface area (Å²) in [6, 6.07) is 6.88. The van der Waals surface area contributed by atoms with E-state index < -0.39 is 29.4 Å². The zero-order valence-corrected chi connectivity index (χ0v) is 16.2. The van der Waals surface area contributed by atoms with Crippen LogP contribution in [0, 0.1) is 11.8 Å². The number of rotatable bonds is 6. The maximum Gasteiger partial charge on any atom is 0.327 e. The molecule has 0 radical (unpaired) electrons. The number of amides is 2. The fourth-order valence-electron chi connectivity index (χ4n) is 4.39. The molecule has 0 aliphatic carbocycles. The highest BCUT2D eigenvalue weighted by molar-refractivity contribution is 6.09. The Morgan fingerprint density at radius 1 is 1.15 bits per heavy atom. The second kappa shape index (κ2) is 7.31. The first kappa shape index (κ1) is 19.4. The molecule has 146 valence electrons. The molecule has 0 saturated carbocycles. The van der Waals surface area contributed by atoms with Crippen LogP contribution >= 0.6 is 0 Å². The van der Waals surface area contributed by atoms with Crippen LogP contribution in [-0.4, -0.2) is 48.5 Å². The minimum absolute atomic E-state index is 0.215. The van der Waals surface area contributed by atoms with Crippen molar-refractivity contribution >= 4 is 17.8 Å². The number of likely N-dealkylation sites (tertiary alicyclic amines) is 1. The Morgan fingerprint density at radius 3 is 2.33 bits per heavy atom. The number of imide groups is 1. The molecule has 7 heteroatoms. The Balaban J connectivity index is 2.09. The fourth-order valence-corrected chi connectivity index (χ4v) is 4.39. The van der Waals surface area contributed by atoms with Crippen molar-refractivity contribution in [3.63, 3.8) is 0 Å². The molecule has 0 aromatic heterocycles. The van der Waals surface area contributed by atoms with Gasteiger partial charge in [-0.25, -0.2) is 0 Å². The van der Waals surface area contributed by atoms with Crippen molar-refractivity contribution in [1.29, 1.82) is 0 Å². The molecule has 2 aliphatic heterocycles. The third kappa shape index (κ3) is 2.81. The number of fused-ring (bicyclic) bond motifs is 1. The fraction of sp³-hybridized carbons (Fsp3) is 0.550. The number of nitrogens with one attached hydrogen (secondary N) is 1. The van der Waals surface area contributed by atoms with E-state index >= 15 is 0 Å². The number of hydrogen-bond donors (Lipinski definition) is 1. The summed E-state index contributed by atoms with van der Waals surface area (Å²) >= 11 is 0. The lowest BCUT2D eigenvalue weighted by molar-refractivity contribution is -0.156. The zero-order chi connectivity index (χ0) is 19.8. The van der Waals surface area contributed by atoms with Crippen LogP contribution in [-0.2, 0) is 19.1 Å². The summed E-state index contributed by atoms with van der Waals surface area (Å²) in [5, 5.41) is 3.32. The van der Waals surface area contributed by atoms with Gasteiger partial charge in [-0.15, -0.1) is 0 Å². The lowest BCUT2D eigenvalue weighted by Crippen LogP contribution is -2.56. The summed E-state index contributed by atoms with van der Waals surface area (Å²) in [5.41, 5.74) is -0.369. The molecular formula is C20H26N2O5. The van der Waals surface area contributed by atoms with E-state index in [0.29, 0.717) is 18.7 Å². The molecule has 27 heavy (non-hydrogen) atoms. The van der Waals surface area contributed by atoms with E-state index in [4.69, 9.17) is 9.47 Å². The second-order valence-corrected chi connectivity index (χ2v) is 6.86. The first-order valence-electron chi connectivity index (χ1n) is 9.39. The lowest BCUT2D eigenvalue weighted by Gasteiger charge is -2.31. The van der Waals surface area contributed by atoms with Gasteiger partial charge in [0.05, 0.1) is 25.6 Å². The number of carbonyl (C=O) groups is 3. The van der Waals surface area contributed by atoms with Gasteiger partial charge in [0.1, 0.15) is 11.3 Å². The van der Waals surface area contributed by atoms with Crippen molar-refractivity contribution < 1.29 is 23.9 Å². The van der Waals surface area contributed by atoms with E-state index in [9.17, 15) is 14.4 Å². The predicted molar refractivity (Wildman–Crippen MR) is 97.9 cm³/mol. The van der Waals surface area contributed by atoms with Crippen LogP contribution in [0.1, 0.15) is 38.8 Å². The molecule has 3 rings (SSSR count). The van der Waals surface area contributed by atoms with Crippen LogP contribution in [0.5, 0.6) is 5.75 Å². The molecule has 1 N–H and O–H groups in total. The maximum atomic E-state index is 13.0. The van der Waals surface area contributed by atoms with Gasteiger partial charge in [0.15, 0.2) is 0 Å². The molecule has 4 atom stereocenters. The summed E-state index contributed by atoms with van der Waals surface area (Å²) in [6.45, 7) is 5.85. The zero-order valence-electron chi connectivity index (χ0n) is 16.2. The van der Waals surface area contributed by atoms with E-state index in [0.717, 1.165) is 5.56 Å². The minimum Gasteiger partial charge on any atom is -0.497 e. The van der Waals surface area contributed by atoms with Crippen LogP contribution in [0.15, 0.2) is 24.3 Å². The van der Waals surface area contributed by atoms with Gasteiger partial charge in [-0.3, -0.25) is 24.6 Å². The van der Waals surface area contributed by atoms with E-state index in [2.05, 4.69) is 5.32 Å². The summed E-state index contributed by atoms with van der Waals surface area (Å²) in [4.78, 5) is 40.2. The monoisotopic (exact) mass is 374 g/mol. The van der Waals surface area contributed by atoms with Crippen LogP contribution in [0.3, 0.4) is 0 Å². The normalized spacial score (nSPS) is 29.8. The Bertz CT molecular complexity index is 747. The van der Waals surface area contributed by atoms with Gasteiger partial charge in [0, 0.05) is 12.6 Å². The molecule has 2 amide bonds. The molecule has 2 heterocycles. The Morgan fingerprint density at radius 2 is 1.81 bits per heavy atom. The van der Waals surface area contributed by atoms with E-state index in [1.165, 1.54) is 4.90 Å². The van der Waals surface area contributed by atoms with Crippen LogP contribution in [0.2, 0.25) is 0 Å². The average molecular weight is 374 g/mol. The molecule has 0 unspecified atom stereocenters. The number of hydrogen-bond acceptors (Lipinski definition) is 6. The summed E-state index contributed by atoms with van der Waals surface area (Å²) in [6.07, 6.45) is 0.357. The summed E-state index contributed by atoms with van der Waals surface area (Å²) in [5.74, 6) is -1.70. The highest BCUT2D eigenvalue weighted by Crippen LogP contribution is 2.50. The van der Waals surface area contributed by atoms with Gasteiger partial charge in [-0.1, -0.05) is 19.1 Å². The Labute approximate surface area is 159 Å². The summed E-state index contributed by atoms with van der Waals surface area (Å²) < 4.78 is 10.5. The van der Waals surface area contributed by atoms with E-state index in [1.807, 2.05) is 19.1 Å². The SMILES string of the molecule is CCOC(=O)[C@]1(CC)N[C@H](c2ccc(OC)cc2)[C@@H]2C(=O)N(CC)C(=O)[C@@H]21. The van der Waals surface area contributed by atoms with Gasteiger partial charge in [0.2, 0.25) is 11.8 Å². The second-order valence-electron chi connectivity index (χ2n) is 6.86. The Hall–Kier alpha value is -2.41. The number of nitrogens with zero attached hydrogens (tertiary/aromatic N) is 1. The van der Waals surface area contributed by atoms with Crippen molar-refractivity contribution in [2.24, 2.45) is 11.8 Å². The number of ether oxygens (including phenoxy) is 2. The van der Waals surface area contributed by atoms with Gasteiger partial charge >= 0.3 is 5.97 Å². The Kier molecular flexibility index (Phi) is 5.24.